The van der Waals surface area contributed by atoms with E-state index in [0.717, 1.165) is 55.1 Å². The van der Waals surface area contributed by atoms with Crippen LogP contribution >= 0.6 is 11.3 Å². The molecular formula is C21H24N2O3S. The van der Waals surface area contributed by atoms with Gasteiger partial charge in [-0.25, -0.2) is 0 Å². The highest BCUT2D eigenvalue weighted by Gasteiger charge is 2.41. The second kappa shape index (κ2) is 6.93. The van der Waals surface area contributed by atoms with Gasteiger partial charge in [0.15, 0.2) is 0 Å². The van der Waals surface area contributed by atoms with Gasteiger partial charge in [-0.15, -0.1) is 11.3 Å². The second-order valence-corrected chi connectivity index (χ2v) is 8.61. The first-order chi connectivity index (χ1) is 13.3. The van der Waals surface area contributed by atoms with Crippen LogP contribution in [0, 0.1) is 0 Å². The molecule has 1 saturated heterocycles. The molecule has 0 atom stereocenters. The van der Waals surface area contributed by atoms with Gasteiger partial charge >= 0.3 is 0 Å². The Bertz CT molecular complexity index is 857. The summed E-state index contributed by atoms with van der Waals surface area (Å²) in [5.74, 6) is 0.999. The number of nitrogens with one attached hydrogen (secondary N) is 1. The van der Waals surface area contributed by atoms with Gasteiger partial charge in [0, 0.05) is 23.4 Å². The largest absolute Gasteiger partial charge is 0.491 e. The Morgan fingerprint density at radius 3 is 2.93 bits per heavy atom. The molecule has 5 rings (SSSR count). The third kappa shape index (κ3) is 3.06. The Labute approximate surface area is 163 Å². The van der Waals surface area contributed by atoms with Crippen LogP contribution in [-0.2, 0) is 23.3 Å². The molecule has 3 aliphatic heterocycles. The minimum absolute atomic E-state index is 0.110. The van der Waals surface area contributed by atoms with E-state index in [4.69, 9.17) is 9.47 Å². The van der Waals surface area contributed by atoms with Crippen LogP contribution in [0.25, 0.3) is 0 Å². The predicted molar refractivity (Wildman–Crippen MR) is 104 cm³/mol. The molecule has 0 saturated carbocycles. The zero-order valence-corrected chi connectivity index (χ0v) is 16.1. The summed E-state index contributed by atoms with van der Waals surface area (Å²) in [5.41, 5.74) is 2.14. The van der Waals surface area contributed by atoms with Crippen molar-refractivity contribution in [3.8, 4) is 5.75 Å². The molecule has 1 aromatic carbocycles. The van der Waals surface area contributed by atoms with Crippen molar-refractivity contribution in [2.75, 3.05) is 32.8 Å². The summed E-state index contributed by atoms with van der Waals surface area (Å²) in [7, 11) is 0. The number of thiophene rings is 1. The predicted octanol–water partition coefficient (Wildman–Crippen LogP) is 2.93. The number of benzene rings is 1. The van der Waals surface area contributed by atoms with Crippen molar-refractivity contribution in [3.05, 3.63) is 51.2 Å². The van der Waals surface area contributed by atoms with Crippen molar-refractivity contribution in [2.24, 2.45) is 0 Å². The first-order valence-electron chi connectivity index (χ1n) is 9.73. The van der Waals surface area contributed by atoms with Crippen molar-refractivity contribution in [1.82, 2.24) is 10.2 Å². The van der Waals surface area contributed by atoms with Gasteiger partial charge in [0.05, 0.1) is 23.6 Å². The third-order valence-electron chi connectivity index (χ3n) is 5.87. The number of hydrogen-bond donors (Lipinski definition) is 1. The topological polar surface area (TPSA) is 50.8 Å². The van der Waals surface area contributed by atoms with Crippen molar-refractivity contribution < 1.29 is 14.3 Å². The summed E-state index contributed by atoms with van der Waals surface area (Å²) < 4.78 is 12.1. The molecule has 3 aliphatic rings. The number of carbonyl (C=O) groups is 1. The number of amides is 1. The van der Waals surface area contributed by atoms with Crippen molar-refractivity contribution >= 4 is 17.2 Å². The molecule has 0 bridgehead atoms. The standard InChI is InChI=1S/C21H24N2O3S/c24-20(23-10-12-25-17-4-2-1-3-15(17)14-23)19-13-16-18(27-19)5-11-26-21(16)6-8-22-9-7-21/h1-4,13,22H,5-12,14H2. The van der Waals surface area contributed by atoms with E-state index < -0.39 is 0 Å². The zero-order valence-electron chi connectivity index (χ0n) is 15.3. The summed E-state index contributed by atoms with van der Waals surface area (Å²) in [6.45, 7) is 4.45. The molecule has 27 heavy (non-hydrogen) atoms. The average Bonchev–Trinajstić information content (AvgIpc) is 3.03. The van der Waals surface area contributed by atoms with Gasteiger partial charge in [0.2, 0.25) is 0 Å². The highest BCUT2D eigenvalue weighted by molar-refractivity contribution is 7.14. The fraction of sp³-hybridized carbons (Fsp3) is 0.476. The van der Waals surface area contributed by atoms with E-state index >= 15 is 0 Å². The first-order valence-corrected chi connectivity index (χ1v) is 10.5. The number of para-hydroxylation sites is 1. The number of fused-ring (bicyclic) bond motifs is 3. The fourth-order valence-electron chi connectivity index (χ4n) is 4.42. The summed E-state index contributed by atoms with van der Waals surface area (Å²) >= 11 is 1.66. The van der Waals surface area contributed by atoms with E-state index in [1.165, 1.54) is 10.4 Å². The molecule has 2 aromatic rings. The van der Waals surface area contributed by atoms with Gasteiger partial charge < -0.3 is 19.7 Å². The summed E-state index contributed by atoms with van der Waals surface area (Å²) in [6, 6.07) is 10.1. The lowest BCUT2D eigenvalue weighted by atomic mass is 9.83. The maximum Gasteiger partial charge on any atom is 0.264 e. The second-order valence-electron chi connectivity index (χ2n) is 7.47. The Hall–Kier alpha value is -1.89. The summed E-state index contributed by atoms with van der Waals surface area (Å²) in [6.07, 6.45) is 2.87. The van der Waals surface area contributed by atoms with Gasteiger partial charge in [-0.3, -0.25) is 4.79 Å². The molecule has 0 unspecified atom stereocenters. The van der Waals surface area contributed by atoms with Crippen LogP contribution in [-0.4, -0.2) is 43.7 Å². The lowest BCUT2D eigenvalue weighted by Gasteiger charge is -2.40. The van der Waals surface area contributed by atoms with Crippen LogP contribution in [0.3, 0.4) is 0 Å². The molecular weight excluding hydrogens is 360 g/mol. The van der Waals surface area contributed by atoms with Crippen molar-refractivity contribution in [1.29, 1.82) is 0 Å². The Kier molecular flexibility index (Phi) is 4.42. The van der Waals surface area contributed by atoms with Crippen LogP contribution in [0.4, 0.5) is 0 Å². The van der Waals surface area contributed by atoms with Gasteiger partial charge in [0.25, 0.3) is 5.91 Å². The van der Waals surface area contributed by atoms with E-state index in [2.05, 4.69) is 11.4 Å². The maximum absolute atomic E-state index is 13.3. The Morgan fingerprint density at radius 1 is 1.19 bits per heavy atom. The Morgan fingerprint density at radius 2 is 2.04 bits per heavy atom. The number of ether oxygens (including phenoxy) is 2. The third-order valence-corrected chi connectivity index (χ3v) is 7.05. The van der Waals surface area contributed by atoms with Crippen LogP contribution in [0.1, 0.15) is 38.5 Å². The first kappa shape index (κ1) is 17.2. The minimum atomic E-state index is -0.192. The number of carbonyl (C=O) groups excluding carboxylic acids is 1. The average molecular weight is 385 g/mol. The van der Waals surface area contributed by atoms with Crippen LogP contribution in [0.2, 0.25) is 0 Å². The molecule has 1 amide bonds. The number of piperidine rings is 1. The minimum Gasteiger partial charge on any atom is -0.491 e. The van der Waals surface area contributed by atoms with E-state index in [-0.39, 0.29) is 11.5 Å². The Balaban J connectivity index is 1.43. The molecule has 4 heterocycles. The van der Waals surface area contributed by atoms with E-state index in [0.29, 0.717) is 19.7 Å². The fourth-order valence-corrected chi connectivity index (χ4v) is 5.62. The SMILES string of the molecule is O=C(c1cc2c(s1)CCOC21CCNCC1)N1CCOc2ccccc2C1. The molecule has 0 radical (unpaired) electrons. The van der Waals surface area contributed by atoms with Gasteiger partial charge in [-0.1, -0.05) is 18.2 Å². The number of nitrogens with zero attached hydrogens (tertiary/aromatic N) is 1. The van der Waals surface area contributed by atoms with Crippen LogP contribution in [0.5, 0.6) is 5.75 Å². The normalized spacial score (nSPS) is 21.1. The molecule has 5 nitrogen and oxygen atoms in total. The van der Waals surface area contributed by atoms with E-state index in [9.17, 15) is 4.79 Å². The van der Waals surface area contributed by atoms with Crippen LogP contribution < -0.4 is 10.1 Å². The molecule has 1 aromatic heterocycles. The maximum atomic E-state index is 13.3. The lowest BCUT2D eigenvalue weighted by molar-refractivity contribution is -0.0792. The quantitative estimate of drug-likeness (QED) is 0.821. The van der Waals surface area contributed by atoms with Crippen LogP contribution in [0.15, 0.2) is 30.3 Å². The summed E-state index contributed by atoms with van der Waals surface area (Å²) in [4.78, 5) is 17.4. The highest BCUT2D eigenvalue weighted by atomic mass is 32.1. The number of rotatable bonds is 1. The molecule has 6 heteroatoms. The highest BCUT2D eigenvalue weighted by Crippen LogP contribution is 2.43. The van der Waals surface area contributed by atoms with Gasteiger partial charge in [-0.2, -0.15) is 0 Å². The van der Waals surface area contributed by atoms with Gasteiger partial charge in [-0.05, 0) is 43.6 Å². The monoisotopic (exact) mass is 384 g/mol. The molecule has 1 N–H and O–H groups in total. The summed E-state index contributed by atoms with van der Waals surface area (Å²) in [5, 5.41) is 3.42. The number of hydrogen-bond acceptors (Lipinski definition) is 5. The molecule has 0 aliphatic carbocycles. The van der Waals surface area contributed by atoms with Crippen molar-refractivity contribution in [3.63, 3.8) is 0 Å². The van der Waals surface area contributed by atoms with E-state index in [1.807, 2.05) is 29.2 Å². The van der Waals surface area contributed by atoms with Crippen molar-refractivity contribution in [2.45, 2.75) is 31.4 Å². The smallest absolute Gasteiger partial charge is 0.264 e. The zero-order chi connectivity index (χ0) is 18.3. The molecule has 1 fully saturated rings. The lowest BCUT2D eigenvalue weighted by Crippen LogP contribution is -2.44. The van der Waals surface area contributed by atoms with E-state index in [1.54, 1.807) is 11.3 Å². The molecule has 1 spiro atoms. The van der Waals surface area contributed by atoms with Gasteiger partial charge in [0.1, 0.15) is 12.4 Å². The molecule has 142 valence electrons.